The highest BCUT2D eigenvalue weighted by Crippen LogP contribution is 2.17. The lowest BCUT2D eigenvalue weighted by atomic mass is 10.1. The lowest BCUT2D eigenvalue weighted by molar-refractivity contribution is 0.0954. The predicted octanol–water partition coefficient (Wildman–Crippen LogP) is 3.82. The molecule has 148 valence electrons. The van der Waals surface area contributed by atoms with Gasteiger partial charge in [0.25, 0.3) is 11.5 Å². The van der Waals surface area contributed by atoms with Gasteiger partial charge in [0.05, 0.1) is 16.6 Å². The van der Waals surface area contributed by atoms with Crippen molar-refractivity contribution in [3.8, 4) is 0 Å². The van der Waals surface area contributed by atoms with E-state index in [-0.39, 0.29) is 17.5 Å². The quantitative estimate of drug-likeness (QED) is 0.493. The number of aromatic nitrogens is 3. The van der Waals surface area contributed by atoms with Crippen LogP contribution in [-0.2, 0) is 6.42 Å². The number of pyridine rings is 1. The van der Waals surface area contributed by atoms with E-state index in [1.165, 1.54) is 0 Å². The molecule has 0 fully saturated rings. The summed E-state index contributed by atoms with van der Waals surface area (Å²) >= 11 is 0. The third-order valence-electron chi connectivity index (χ3n) is 5.07. The lowest BCUT2D eigenvalue weighted by Gasteiger charge is -2.15. The summed E-state index contributed by atoms with van der Waals surface area (Å²) in [5.41, 5.74) is 2.43. The minimum absolute atomic E-state index is 0.0215. The third kappa shape index (κ3) is 3.78. The molecule has 4 rings (SSSR count). The van der Waals surface area contributed by atoms with Gasteiger partial charge in [-0.05, 0) is 38.5 Å². The van der Waals surface area contributed by atoms with Gasteiger partial charge in [-0.15, -0.1) is 0 Å². The molecule has 2 aromatic heterocycles. The van der Waals surface area contributed by atoms with E-state index in [4.69, 9.17) is 0 Å². The highest BCUT2D eigenvalue weighted by Gasteiger charge is 2.15. The van der Waals surface area contributed by atoms with Crippen LogP contribution >= 0.6 is 0 Å². The van der Waals surface area contributed by atoms with Crippen molar-refractivity contribution in [3.63, 3.8) is 0 Å². The van der Waals surface area contributed by atoms with Crippen LogP contribution in [0, 0.1) is 0 Å². The monoisotopic (exact) mass is 388 g/mol. The number of amides is 1. The molecule has 0 spiro atoms. The molecule has 2 N–H and O–H groups in total. The second-order valence-electron chi connectivity index (χ2n) is 7.45. The molecule has 0 radical (unpaired) electrons. The summed E-state index contributed by atoms with van der Waals surface area (Å²) in [6, 6.07) is 15.2. The van der Waals surface area contributed by atoms with Crippen molar-refractivity contribution in [2.24, 2.45) is 0 Å². The van der Waals surface area contributed by atoms with Gasteiger partial charge in [0.1, 0.15) is 5.82 Å². The van der Waals surface area contributed by atoms with Crippen molar-refractivity contribution in [1.29, 1.82) is 0 Å². The average molecular weight is 388 g/mol. The minimum Gasteiger partial charge on any atom is -0.352 e. The van der Waals surface area contributed by atoms with Crippen LogP contribution in [0.15, 0.2) is 59.5 Å². The van der Waals surface area contributed by atoms with E-state index < -0.39 is 0 Å². The van der Waals surface area contributed by atoms with Crippen molar-refractivity contribution in [2.45, 2.75) is 32.7 Å². The number of para-hydroxylation sites is 2. The number of carbonyl (C=O) groups excluding carboxylic acids is 1. The number of benzene rings is 2. The first-order valence-electron chi connectivity index (χ1n) is 9.90. The van der Waals surface area contributed by atoms with Crippen molar-refractivity contribution >= 4 is 27.7 Å². The van der Waals surface area contributed by atoms with Crippen molar-refractivity contribution in [2.75, 3.05) is 6.54 Å². The number of nitrogens with zero attached hydrogens (tertiary/aromatic N) is 2. The molecule has 0 aliphatic heterocycles. The Morgan fingerprint density at radius 1 is 1.10 bits per heavy atom. The first-order chi connectivity index (χ1) is 14.0. The van der Waals surface area contributed by atoms with E-state index in [2.05, 4.69) is 15.3 Å². The molecule has 0 unspecified atom stereocenters. The van der Waals surface area contributed by atoms with Gasteiger partial charge in [0, 0.05) is 36.0 Å². The molecule has 4 aromatic rings. The Hall–Kier alpha value is -3.41. The number of fused-ring (bicyclic) bond motifs is 2. The molecule has 0 aliphatic carbocycles. The number of aromatic amines is 1. The van der Waals surface area contributed by atoms with E-state index in [1.54, 1.807) is 16.8 Å². The zero-order valence-electron chi connectivity index (χ0n) is 16.6. The van der Waals surface area contributed by atoms with E-state index in [9.17, 15) is 9.59 Å². The highest BCUT2D eigenvalue weighted by atomic mass is 16.2. The van der Waals surface area contributed by atoms with Gasteiger partial charge < -0.3 is 14.9 Å². The maximum Gasteiger partial charge on any atom is 0.258 e. The van der Waals surface area contributed by atoms with E-state index in [1.807, 2.05) is 56.3 Å². The van der Waals surface area contributed by atoms with Crippen LogP contribution in [0.4, 0.5) is 0 Å². The summed E-state index contributed by atoms with van der Waals surface area (Å²) in [5, 5.41) is 4.24. The third-order valence-corrected chi connectivity index (χ3v) is 5.07. The summed E-state index contributed by atoms with van der Waals surface area (Å²) in [7, 11) is 0. The highest BCUT2D eigenvalue weighted by molar-refractivity contribution is 6.06. The fraction of sp³-hybridized carbons (Fsp3) is 0.261. The van der Waals surface area contributed by atoms with Crippen LogP contribution < -0.4 is 10.9 Å². The smallest absolute Gasteiger partial charge is 0.258 e. The topological polar surface area (TPSA) is 79.8 Å². The number of aryl methyl sites for hydroxylation is 1. The molecule has 6 heteroatoms. The van der Waals surface area contributed by atoms with Crippen molar-refractivity contribution in [1.82, 2.24) is 19.9 Å². The summed E-state index contributed by atoms with van der Waals surface area (Å²) < 4.78 is 1.62. The SMILES string of the molecule is CC(C)n1cc(C(=O)NCCCc2nc3ccccc3[nH]2)c2ccccc2c1=O. The molecule has 2 aromatic carbocycles. The lowest BCUT2D eigenvalue weighted by Crippen LogP contribution is -2.29. The maximum atomic E-state index is 12.8. The summed E-state index contributed by atoms with van der Waals surface area (Å²) in [4.78, 5) is 33.4. The number of hydrogen-bond acceptors (Lipinski definition) is 3. The van der Waals surface area contributed by atoms with Crippen LogP contribution in [0.5, 0.6) is 0 Å². The maximum absolute atomic E-state index is 12.8. The Kier molecular flexibility index (Phi) is 5.16. The molecule has 29 heavy (non-hydrogen) atoms. The largest absolute Gasteiger partial charge is 0.352 e. The van der Waals surface area contributed by atoms with E-state index in [0.29, 0.717) is 22.9 Å². The molecule has 0 aliphatic rings. The van der Waals surface area contributed by atoms with Gasteiger partial charge in [-0.1, -0.05) is 30.3 Å². The van der Waals surface area contributed by atoms with Gasteiger partial charge >= 0.3 is 0 Å². The number of rotatable bonds is 6. The Morgan fingerprint density at radius 2 is 1.83 bits per heavy atom. The standard InChI is InChI=1S/C23H24N4O2/c1-15(2)27-14-18(16-8-3-4-9-17(16)23(27)29)22(28)24-13-7-12-21-25-19-10-5-6-11-20(19)26-21/h3-6,8-11,14-15H,7,12-13H2,1-2H3,(H,24,28)(H,25,26). The van der Waals surface area contributed by atoms with Gasteiger partial charge in [0.15, 0.2) is 0 Å². The number of hydrogen-bond donors (Lipinski definition) is 2. The number of imidazole rings is 1. The molecule has 1 amide bonds. The molecule has 2 heterocycles. The Bertz CT molecular complexity index is 1200. The number of H-pyrrole nitrogens is 1. The first kappa shape index (κ1) is 18.9. The summed E-state index contributed by atoms with van der Waals surface area (Å²) in [5.74, 6) is 0.750. The number of carbonyl (C=O) groups is 1. The molecule has 0 bridgehead atoms. The van der Waals surface area contributed by atoms with Crippen LogP contribution in [0.1, 0.15) is 42.5 Å². The van der Waals surface area contributed by atoms with Crippen molar-refractivity contribution < 1.29 is 4.79 Å². The van der Waals surface area contributed by atoms with Gasteiger partial charge in [-0.2, -0.15) is 0 Å². The molecule has 0 saturated heterocycles. The molecule has 0 saturated carbocycles. The predicted molar refractivity (Wildman–Crippen MR) is 115 cm³/mol. The zero-order valence-corrected chi connectivity index (χ0v) is 16.6. The Balaban J connectivity index is 1.47. The molecular weight excluding hydrogens is 364 g/mol. The van der Waals surface area contributed by atoms with Gasteiger partial charge in [0.2, 0.25) is 0 Å². The number of nitrogens with one attached hydrogen (secondary N) is 2. The fourth-order valence-electron chi connectivity index (χ4n) is 3.55. The van der Waals surface area contributed by atoms with Crippen LogP contribution in [0.25, 0.3) is 21.8 Å². The molecule has 6 nitrogen and oxygen atoms in total. The second kappa shape index (κ2) is 7.91. The van der Waals surface area contributed by atoms with Crippen LogP contribution in [0.3, 0.4) is 0 Å². The summed E-state index contributed by atoms with van der Waals surface area (Å²) in [6.07, 6.45) is 3.19. The van der Waals surface area contributed by atoms with Crippen molar-refractivity contribution in [3.05, 3.63) is 76.5 Å². The fourth-order valence-corrected chi connectivity index (χ4v) is 3.55. The minimum atomic E-state index is -0.166. The normalized spacial score (nSPS) is 11.4. The van der Waals surface area contributed by atoms with Crippen LogP contribution in [-0.4, -0.2) is 27.0 Å². The Morgan fingerprint density at radius 3 is 2.59 bits per heavy atom. The molecule has 0 atom stereocenters. The first-order valence-corrected chi connectivity index (χ1v) is 9.90. The van der Waals surface area contributed by atoms with E-state index >= 15 is 0 Å². The van der Waals surface area contributed by atoms with Gasteiger partial charge in [-0.25, -0.2) is 4.98 Å². The summed E-state index contributed by atoms with van der Waals surface area (Å²) in [6.45, 7) is 4.40. The van der Waals surface area contributed by atoms with E-state index in [0.717, 1.165) is 29.7 Å². The second-order valence-corrected chi connectivity index (χ2v) is 7.45. The Labute approximate surface area is 168 Å². The van der Waals surface area contributed by atoms with Gasteiger partial charge in [-0.3, -0.25) is 9.59 Å². The van der Waals surface area contributed by atoms with Crippen LogP contribution in [0.2, 0.25) is 0 Å². The average Bonchev–Trinajstić information content (AvgIpc) is 3.14. The molecular formula is C23H24N4O2. The zero-order chi connectivity index (χ0) is 20.4.